The molecule has 1 aromatic carbocycles. The highest BCUT2D eigenvalue weighted by molar-refractivity contribution is 5.94. The summed E-state index contributed by atoms with van der Waals surface area (Å²) in [6, 6.07) is 7.69. The number of methoxy groups -OCH3 is 1. The lowest BCUT2D eigenvalue weighted by Gasteiger charge is -2.42. The number of nitrogens with zero attached hydrogens (tertiary/aromatic N) is 1. The average molecular weight is 431 g/mol. The van der Waals surface area contributed by atoms with Crippen molar-refractivity contribution in [3.8, 4) is 0 Å². The van der Waals surface area contributed by atoms with Gasteiger partial charge in [-0.05, 0) is 62.1 Å². The molecule has 1 aliphatic heterocycles. The zero-order valence-electron chi connectivity index (χ0n) is 19.0. The van der Waals surface area contributed by atoms with E-state index in [0.29, 0.717) is 24.1 Å². The van der Waals surface area contributed by atoms with E-state index in [1.165, 1.54) is 19.3 Å². The minimum absolute atomic E-state index is 0.0589. The van der Waals surface area contributed by atoms with Gasteiger partial charge in [-0.2, -0.15) is 0 Å². The number of guanidine groups is 1. The molecule has 31 heavy (non-hydrogen) atoms. The highest BCUT2D eigenvalue weighted by Crippen LogP contribution is 2.43. The predicted octanol–water partition coefficient (Wildman–Crippen LogP) is 2.86. The lowest BCUT2D eigenvalue weighted by atomic mass is 9.67. The van der Waals surface area contributed by atoms with E-state index in [1.807, 2.05) is 24.3 Å². The Morgan fingerprint density at radius 1 is 1.26 bits per heavy atom. The molecule has 1 amide bonds. The van der Waals surface area contributed by atoms with Gasteiger partial charge in [0.25, 0.3) is 5.91 Å². The number of benzene rings is 1. The maximum absolute atomic E-state index is 12.5. The van der Waals surface area contributed by atoms with Gasteiger partial charge in [0.2, 0.25) is 0 Å². The number of rotatable bonds is 11. The predicted molar refractivity (Wildman–Crippen MR) is 123 cm³/mol. The van der Waals surface area contributed by atoms with Gasteiger partial charge in [-0.3, -0.25) is 4.79 Å². The van der Waals surface area contributed by atoms with Crippen LogP contribution in [0.25, 0.3) is 0 Å². The van der Waals surface area contributed by atoms with E-state index in [4.69, 9.17) is 14.5 Å². The normalized spacial score (nSPS) is 20.2. The van der Waals surface area contributed by atoms with Crippen molar-refractivity contribution in [3.05, 3.63) is 35.4 Å². The fourth-order valence-electron chi connectivity index (χ4n) is 4.22. The summed E-state index contributed by atoms with van der Waals surface area (Å²) < 4.78 is 10.9. The Morgan fingerprint density at radius 2 is 2.13 bits per heavy atom. The van der Waals surface area contributed by atoms with E-state index in [-0.39, 0.29) is 12.0 Å². The third-order valence-corrected chi connectivity index (χ3v) is 6.35. The zero-order chi connectivity index (χ0) is 21.9. The van der Waals surface area contributed by atoms with Crippen molar-refractivity contribution in [3.63, 3.8) is 0 Å². The Bertz CT molecular complexity index is 727. The second-order valence-corrected chi connectivity index (χ2v) is 8.69. The van der Waals surface area contributed by atoms with Crippen molar-refractivity contribution in [2.24, 2.45) is 10.4 Å². The molecule has 2 fully saturated rings. The Hall–Kier alpha value is -2.12. The molecule has 3 N–H and O–H groups in total. The molecule has 1 unspecified atom stereocenters. The van der Waals surface area contributed by atoms with Crippen molar-refractivity contribution in [2.45, 2.75) is 58.1 Å². The molecule has 0 bridgehead atoms. The quantitative estimate of drug-likeness (QED) is 0.371. The molecule has 1 aliphatic carbocycles. The Labute approximate surface area is 186 Å². The van der Waals surface area contributed by atoms with Crippen LogP contribution in [0.2, 0.25) is 0 Å². The first-order valence-electron chi connectivity index (χ1n) is 11.6. The van der Waals surface area contributed by atoms with Gasteiger partial charge < -0.3 is 25.4 Å². The molecule has 0 spiro atoms. The second-order valence-electron chi connectivity index (χ2n) is 8.69. The van der Waals surface area contributed by atoms with Crippen LogP contribution in [0.3, 0.4) is 0 Å². The molecule has 1 heterocycles. The smallest absolute Gasteiger partial charge is 0.251 e. The SMILES string of the molecule is CCNC(=NCc1cccc(C(=O)NCC2CCCO2)c1)NCC1(CCOC)CCC1. The maximum Gasteiger partial charge on any atom is 0.251 e. The molecule has 7 heteroatoms. The second kappa shape index (κ2) is 12.1. The van der Waals surface area contributed by atoms with Crippen LogP contribution in [0.5, 0.6) is 0 Å². The highest BCUT2D eigenvalue weighted by atomic mass is 16.5. The van der Waals surface area contributed by atoms with Gasteiger partial charge in [-0.1, -0.05) is 18.6 Å². The summed E-state index contributed by atoms with van der Waals surface area (Å²) in [5.74, 6) is 0.760. The van der Waals surface area contributed by atoms with Gasteiger partial charge in [-0.15, -0.1) is 0 Å². The lowest BCUT2D eigenvalue weighted by Crippen LogP contribution is -2.46. The molecule has 3 rings (SSSR count). The molecule has 7 nitrogen and oxygen atoms in total. The van der Waals surface area contributed by atoms with Gasteiger partial charge in [0.05, 0.1) is 12.6 Å². The van der Waals surface area contributed by atoms with E-state index >= 15 is 0 Å². The van der Waals surface area contributed by atoms with E-state index in [9.17, 15) is 4.79 Å². The molecular weight excluding hydrogens is 392 g/mol. The number of hydrogen-bond acceptors (Lipinski definition) is 4. The average Bonchev–Trinajstić information content (AvgIpc) is 3.28. The number of hydrogen-bond donors (Lipinski definition) is 3. The van der Waals surface area contributed by atoms with Crippen molar-refractivity contribution in [1.82, 2.24) is 16.0 Å². The van der Waals surface area contributed by atoms with Crippen LogP contribution in [0.1, 0.15) is 61.4 Å². The number of carbonyl (C=O) groups excluding carboxylic acids is 1. The monoisotopic (exact) mass is 430 g/mol. The first-order chi connectivity index (χ1) is 15.1. The minimum Gasteiger partial charge on any atom is -0.385 e. The molecule has 2 aliphatic rings. The topological polar surface area (TPSA) is 84.0 Å². The van der Waals surface area contributed by atoms with E-state index < -0.39 is 0 Å². The Balaban J connectivity index is 1.53. The van der Waals surface area contributed by atoms with E-state index in [2.05, 4.69) is 22.9 Å². The largest absolute Gasteiger partial charge is 0.385 e. The summed E-state index contributed by atoms with van der Waals surface area (Å²) in [5, 5.41) is 9.84. The van der Waals surface area contributed by atoms with E-state index in [1.54, 1.807) is 7.11 Å². The molecule has 0 radical (unpaired) electrons. The summed E-state index contributed by atoms with van der Waals surface area (Å²) in [5.41, 5.74) is 2.00. The van der Waals surface area contributed by atoms with Crippen LogP contribution in [-0.4, -0.2) is 57.9 Å². The third-order valence-electron chi connectivity index (χ3n) is 6.35. The fourth-order valence-corrected chi connectivity index (χ4v) is 4.22. The van der Waals surface area contributed by atoms with Gasteiger partial charge in [0.1, 0.15) is 0 Å². The molecule has 1 aromatic rings. The lowest BCUT2D eigenvalue weighted by molar-refractivity contribution is 0.0732. The van der Waals surface area contributed by atoms with Crippen molar-refractivity contribution >= 4 is 11.9 Å². The number of nitrogens with one attached hydrogen (secondary N) is 3. The van der Waals surface area contributed by atoms with Crippen LogP contribution in [0, 0.1) is 5.41 Å². The number of ether oxygens (including phenoxy) is 2. The first kappa shape index (κ1) is 23.5. The number of amides is 1. The summed E-state index contributed by atoms with van der Waals surface area (Å²) in [6.45, 7) is 6.48. The Kier molecular flexibility index (Phi) is 9.15. The van der Waals surface area contributed by atoms with Gasteiger partial charge >= 0.3 is 0 Å². The van der Waals surface area contributed by atoms with Crippen LogP contribution in [-0.2, 0) is 16.0 Å². The van der Waals surface area contributed by atoms with Gasteiger partial charge in [-0.25, -0.2) is 4.99 Å². The van der Waals surface area contributed by atoms with Crippen LogP contribution in [0.4, 0.5) is 0 Å². The first-order valence-corrected chi connectivity index (χ1v) is 11.6. The molecule has 172 valence electrons. The summed E-state index contributed by atoms with van der Waals surface area (Å²) >= 11 is 0. The molecule has 1 atom stereocenters. The van der Waals surface area contributed by atoms with E-state index in [0.717, 1.165) is 57.1 Å². The summed E-state index contributed by atoms with van der Waals surface area (Å²) in [7, 11) is 1.77. The maximum atomic E-state index is 12.5. The minimum atomic E-state index is -0.0589. The zero-order valence-corrected chi connectivity index (χ0v) is 19.0. The summed E-state index contributed by atoms with van der Waals surface area (Å²) in [4.78, 5) is 17.2. The number of aliphatic imine (C=N–C) groups is 1. The molecule has 1 saturated carbocycles. The van der Waals surface area contributed by atoms with Gasteiger partial charge in [0.15, 0.2) is 5.96 Å². The van der Waals surface area contributed by atoms with Crippen LogP contribution < -0.4 is 16.0 Å². The number of carbonyl (C=O) groups is 1. The Morgan fingerprint density at radius 3 is 2.81 bits per heavy atom. The molecule has 0 aromatic heterocycles. The third kappa shape index (κ3) is 7.21. The van der Waals surface area contributed by atoms with Crippen LogP contribution >= 0.6 is 0 Å². The molecule has 1 saturated heterocycles. The highest BCUT2D eigenvalue weighted by Gasteiger charge is 2.36. The molecular formula is C24H38N4O3. The summed E-state index contributed by atoms with van der Waals surface area (Å²) in [6.07, 6.45) is 7.09. The standard InChI is InChI=1S/C24H38N4O3/c1-3-25-23(28-18-24(10-6-11-24)12-14-30-2)27-16-19-7-4-8-20(15-19)22(29)26-17-21-9-5-13-31-21/h4,7-8,15,21H,3,5-6,9-14,16-18H2,1-2H3,(H,26,29)(H2,25,27,28). The van der Waals surface area contributed by atoms with Crippen LogP contribution in [0.15, 0.2) is 29.3 Å². The van der Waals surface area contributed by atoms with Crippen molar-refractivity contribution < 1.29 is 14.3 Å². The fraction of sp³-hybridized carbons (Fsp3) is 0.667. The van der Waals surface area contributed by atoms with Crippen molar-refractivity contribution in [1.29, 1.82) is 0 Å². The van der Waals surface area contributed by atoms with Gasteiger partial charge in [0, 0.05) is 45.5 Å². The van der Waals surface area contributed by atoms with Crippen molar-refractivity contribution in [2.75, 3.05) is 40.0 Å².